The van der Waals surface area contributed by atoms with Crippen molar-refractivity contribution in [2.24, 2.45) is 0 Å². The van der Waals surface area contributed by atoms with Gasteiger partial charge in [-0.05, 0) is 43.9 Å². The van der Waals surface area contributed by atoms with Crippen LogP contribution in [0.3, 0.4) is 0 Å². The molecule has 0 saturated heterocycles. The molecule has 0 bridgehead atoms. The molecule has 4 heteroatoms. The van der Waals surface area contributed by atoms with Crippen LogP contribution in [0, 0.1) is 0 Å². The van der Waals surface area contributed by atoms with Crippen molar-refractivity contribution in [2.45, 2.75) is 38.8 Å². The second-order valence-electron chi connectivity index (χ2n) is 5.85. The minimum absolute atomic E-state index is 0.577. The number of benzene rings is 1. The van der Waals surface area contributed by atoms with Crippen LogP contribution >= 0.6 is 0 Å². The highest BCUT2D eigenvalue weighted by molar-refractivity contribution is 5.79. The van der Waals surface area contributed by atoms with Crippen molar-refractivity contribution in [3.8, 4) is 0 Å². The lowest BCUT2D eigenvalue weighted by molar-refractivity contribution is -0.108. The summed E-state index contributed by atoms with van der Waals surface area (Å²) in [5, 5.41) is 2.60. The molecule has 2 rings (SSSR count). The third kappa shape index (κ3) is 3.47. The summed E-state index contributed by atoms with van der Waals surface area (Å²) in [6.45, 7) is 5.35. The average molecular weight is 273 g/mol. The summed E-state index contributed by atoms with van der Waals surface area (Å²) in [4.78, 5) is 23.0. The summed E-state index contributed by atoms with van der Waals surface area (Å²) in [6.07, 6.45) is 2.79. The Bertz CT molecular complexity index is 555. The Morgan fingerprint density at radius 2 is 2.05 bits per heavy atom. The minimum atomic E-state index is -0.641. The summed E-state index contributed by atoms with van der Waals surface area (Å²) in [5.74, 6) is 0. The van der Waals surface area contributed by atoms with Gasteiger partial charge in [-0.25, -0.2) is 4.79 Å². The molecule has 1 aliphatic carbocycles. The number of ether oxygens (including phenoxy) is 1. The topological polar surface area (TPSA) is 55.4 Å². The Kier molecular flexibility index (Phi) is 3.93. The van der Waals surface area contributed by atoms with Crippen molar-refractivity contribution < 1.29 is 14.3 Å². The Labute approximate surface area is 118 Å². The number of hydrogen-bond acceptors (Lipinski definition) is 3. The highest BCUT2D eigenvalue weighted by Gasteiger charge is 2.24. The smallest absolute Gasteiger partial charge is 0.408 e. The molecule has 0 heterocycles. The lowest BCUT2D eigenvalue weighted by Gasteiger charge is -2.22. The van der Waals surface area contributed by atoms with Crippen LogP contribution in [0.2, 0.25) is 0 Å². The normalized spacial score (nSPS) is 15.1. The molecule has 1 N–H and O–H groups in total. The van der Waals surface area contributed by atoms with E-state index in [4.69, 9.17) is 4.74 Å². The predicted octanol–water partition coefficient (Wildman–Crippen LogP) is 2.72. The van der Waals surface area contributed by atoms with Crippen LogP contribution < -0.4 is 5.32 Å². The van der Waals surface area contributed by atoms with Crippen molar-refractivity contribution in [3.05, 3.63) is 41.0 Å². The maximum absolute atomic E-state index is 11.7. The van der Waals surface area contributed by atoms with Crippen molar-refractivity contribution in [2.75, 3.05) is 0 Å². The maximum Gasteiger partial charge on any atom is 0.408 e. The largest absolute Gasteiger partial charge is 0.444 e. The fraction of sp³-hybridized carbons (Fsp3) is 0.375. The molecule has 1 unspecified atom stereocenters. The van der Waals surface area contributed by atoms with Crippen LogP contribution in [0.4, 0.5) is 4.79 Å². The SMILES string of the molecule is CC(C)(C)OC(=O)NC(C=O)C1=Cc2ccccc2C1. The summed E-state index contributed by atoms with van der Waals surface area (Å²) in [7, 11) is 0. The summed E-state index contributed by atoms with van der Waals surface area (Å²) in [5.41, 5.74) is 2.57. The molecule has 1 aliphatic rings. The van der Waals surface area contributed by atoms with E-state index < -0.39 is 17.7 Å². The van der Waals surface area contributed by atoms with E-state index in [1.54, 1.807) is 20.8 Å². The van der Waals surface area contributed by atoms with Gasteiger partial charge in [0.25, 0.3) is 0 Å². The van der Waals surface area contributed by atoms with Gasteiger partial charge in [0.15, 0.2) is 0 Å². The standard InChI is InChI=1S/C16H19NO3/c1-16(2,3)20-15(19)17-14(10-18)13-8-11-6-4-5-7-12(11)9-13/h4-8,10,14H,9H2,1-3H3,(H,17,19). The molecule has 1 aromatic carbocycles. The lowest BCUT2D eigenvalue weighted by atomic mass is 10.1. The number of alkyl carbamates (subject to hydrolysis) is 1. The number of carbonyl (C=O) groups is 2. The van der Waals surface area contributed by atoms with Gasteiger partial charge < -0.3 is 14.8 Å². The van der Waals surface area contributed by atoms with Crippen molar-refractivity contribution in [1.29, 1.82) is 0 Å². The van der Waals surface area contributed by atoms with E-state index in [1.165, 1.54) is 5.56 Å². The monoisotopic (exact) mass is 273 g/mol. The zero-order valence-corrected chi connectivity index (χ0v) is 12.0. The molecule has 1 atom stereocenters. The first-order chi connectivity index (χ1) is 9.39. The molecule has 0 saturated carbocycles. The van der Waals surface area contributed by atoms with E-state index in [9.17, 15) is 9.59 Å². The number of fused-ring (bicyclic) bond motifs is 1. The fourth-order valence-electron chi connectivity index (χ4n) is 2.16. The fourth-order valence-corrected chi connectivity index (χ4v) is 2.16. The molecule has 20 heavy (non-hydrogen) atoms. The van der Waals surface area contributed by atoms with E-state index >= 15 is 0 Å². The van der Waals surface area contributed by atoms with Crippen molar-refractivity contribution in [1.82, 2.24) is 5.32 Å². The molecule has 1 amide bonds. The highest BCUT2D eigenvalue weighted by Crippen LogP contribution is 2.26. The van der Waals surface area contributed by atoms with E-state index in [2.05, 4.69) is 5.32 Å². The Hall–Kier alpha value is -2.10. The second-order valence-corrected chi connectivity index (χ2v) is 5.85. The van der Waals surface area contributed by atoms with Crippen LogP contribution in [-0.4, -0.2) is 24.0 Å². The first-order valence-corrected chi connectivity index (χ1v) is 6.62. The first kappa shape index (κ1) is 14.3. The lowest BCUT2D eigenvalue weighted by Crippen LogP contribution is -2.41. The first-order valence-electron chi connectivity index (χ1n) is 6.62. The Morgan fingerprint density at radius 1 is 1.35 bits per heavy atom. The molecular weight excluding hydrogens is 254 g/mol. The zero-order chi connectivity index (χ0) is 14.8. The van der Waals surface area contributed by atoms with Crippen LogP contribution in [-0.2, 0) is 16.0 Å². The summed E-state index contributed by atoms with van der Waals surface area (Å²) < 4.78 is 5.17. The number of hydrogen-bond donors (Lipinski definition) is 1. The van der Waals surface area contributed by atoms with Crippen LogP contribution in [0.25, 0.3) is 6.08 Å². The summed E-state index contributed by atoms with van der Waals surface area (Å²) >= 11 is 0. The van der Waals surface area contributed by atoms with Gasteiger partial charge in [-0.1, -0.05) is 30.3 Å². The molecule has 0 aromatic heterocycles. The number of aldehydes is 1. The average Bonchev–Trinajstić information content (AvgIpc) is 2.77. The van der Waals surface area contributed by atoms with Crippen molar-refractivity contribution in [3.63, 3.8) is 0 Å². The molecule has 4 nitrogen and oxygen atoms in total. The minimum Gasteiger partial charge on any atom is -0.444 e. The maximum atomic E-state index is 11.7. The van der Waals surface area contributed by atoms with Gasteiger partial charge in [-0.15, -0.1) is 0 Å². The van der Waals surface area contributed by atoms with E-state index in [0.717, 1.165) is 17.4 Å². The van der Waals surface area contributed by atoms with E-state index in [1.807, 2.05) is 30.3 Å². The van der Waals surface area contributed by atoms with Gasteiger partial charge in [0.1, 0.15) is 17.9 Å². The number of nitrogens with one attached hydrogen (secondary N) is 1. The van der Waals surface area contributed by atoms with Crippen molar-refractivity contribution >= 4 is 18.5 Å². The Morgan fingerprint density at radius 3 is 2.65 bits per heavy atom. The molecule has 0 fully saturated rings. The molecule has 0 radical (unpaired) electrons. The van der Waals surface area contributed by atoms with Crippen LogP contribution in [0.1, 0.15) is 31.9 Å². The number of amides is 1. The van der Waals surface area contributed by atoms with Gasteiger partial charge in [0, 0.05) is 0 Å². The van der Waals surface area contributed by atoms with Crippen LogP contribution in [0.5, 0.6) is 0 Å². The van der Waals surface area contributed by atoms with Gasteiger partial charge in [0.05, 0.1) is 0 Å². The van der Waals surface area contributed by atoms with E-state index in [0.29, 0.717) is 6.42 Å². The van der Waals surface area contributed by atoms with Gasteiger partial charge in [-0.3, -0.25) is 0 Å². The zero-order valence-electron chi connectivity index (χ0n) is 12.0. The highest BCUT2D eigenvalue weighted by atomic mass is 16.6. The number of rotatable bonds is 3. The van der Waals surface area contributed by atoms with Gasteiger partial charge >= 0.3 is 6.09 Å². The molecule has 1 aromatic rings. The van der Waals surface area contributed by atoms with Gasteiger partial charge in [-0.2, -0.15) is 0 Å². The molecular formula is C16H19NO3. The van der Waals surface area contributed by atoms with Gasteiger partial charge in [0.2, 0.25) is 0 Å². The molecule has 0 spiro atoms. The summed E-state index contributed by atoms with van der Waals surface area (Å²) in [6, 6.07) is 7.30. The van der Waals surface area contributed by atoms with E-state index in [-0.39, 0.29) is 0 Å². The third-order valence-electron chi connectivity index (χ3n) is 3.00. The van der Waals surface area contributed by atoms with Crippen LogP contribution in [0.15, 0.2) is 29.8 Å². The number of carbonyl (C=O) groups excluding carboxylic acids is 2. The second kappa shape index (κ2) is 5.49. The Balaban J connectivity index is 2.05. The molecule has 106 valence electrons. The third-order valence-corrected chi connectivity index (χ3v) is 3.00. The quantitative estimate of drug-likeness (QED) is 0.861. The predicted molar refractivity (Wildman–Crippen MR) is 77.3 cm³/mol. The molecule has 0 aliphatic heterocycles.